The molecule has 6 nitrogen and oxygen atoms in total. The molecule has 4 aromatic rings. The molecule has 0 fully saturated rings. The van der Waals surface area contributed by atoms with Gasteiger partial charge < -0.3 is 0 Å². The summed E-state index contributed by atoms with van der Waals surface area (Å²) < 4.78 is 4.20. The van der Waals surface area contributed by atoms with Gasteiger partial charge in [0, 0.05) is 0 Å². The third-order valence-corrected chi connectivity index (χ3v) is 6.17. The van der Waals surface area contributed by atoms with Gasteiger partial charge in [0.15, 0.2) is 0 Å². The van der Waals surface area contributed by atoms with Crippen molar-refractivity contribution in [1.82, 2.24) is 25.6 Å². The van der Waals surface area contributed by atoms with Crippen molar-refractivity contribution in [2.45, 2.75) is 0 Å². The maximum atomic E-state index is 6.05. The Labute approximate surface area is 139 Å². The van der Waals surface area contributed by atoms with E-state index in [1.165, 1.54) is 0 Å². The van der Waals surface area contributed by atoms with Gasteiger partial charge in [-0.05, 0) is 0 Å². The second-order valence-electron chi connectivity index (χ2n) is 4.16. The van der Waals surface area contributed by atoms with Crippen molar-refractivity contribution in [3.8, 4) is 0 Å². The third kappa shape index (κ3) is 2.17. The molecule has 0 unspecified atom stereocenters. The molecular weight excluding hydrogens is 427 g/mol. The van der Waals surface area contributed by atoms with Crippen LogP contribution in [0.5, 0.6) is 0 Å². The van der Waals surface area contributed by atoms with Gasteiger partial charge in [0.25, 0.3) is 0 Å². The summed E-state index contributed by atoms with van der Waals surface area (Å²) in [6.45, 7) is 0. The van der Waals surface area contributed by atoms with Crippen molar-refractivity contribution in [3.63, 3.8) is 0 Å². The van der Waals surface area contributed by atoms with Crippen molar-refractivity contribution >= 4 is 66.7 Å². The zero-order chi connectivity index (χ0) is 14.4. The van der Waals surface area contributed by atoms with Gasteiger partial charge in [-0.3, -0.25) is 0 Å². The number of fused-ring (bicyclic) bond motifs is 2. The molecule has 4 heterocycles. The van der Waals surface area contributed by atoms with E-state index in [9.17, 15) is 0 Å². The summed E-state index contributed by atoms with van der Waals surface area (Å²) in [6.07, 6.45) is 6.94. The average Bonchev–Trinajstić information content (AvgIpc) is 3.07. The van der Waals surface area contributed by atoms with E-state index in [1.807, 2.05) is 12.1 Å². The molecule has 0 saturated heterocycles. The van der Waals surface area contributed by atoms with Crippen LogP contribution >= 0.6 is 23.2 Å². The molecule has 0 atom stereocenters. The third-order valence-electron chi connectivity index (χ3n) is 2.95. The SMILES string of the molecule is Clc1nccc2c1ncn2[Te]n1cnc2c(Cl)nccc21. The molecule has 21 heavy (non-hydrogen) atoms. The number of nitrogens with zero attached hydrogens (tertiary/aromatic N) is 6. The van der Waals surface area contributed by atoms with E-state index in [0.29, 0.717) is 21.3 Å². The maximum absolute atomic E-state index is 6.05. The molecule has 104 valence electrons. The number of halogens is 2. The standard InChI is InChI=1S/C12H6Cl2N6Te/c13-11-9-7(1-3-15-11)19(5-17-9)21-20-6-18-10-8(20)2-4-16-12(10)14/h1-6H. The second kappa shape index (κ2) is 5.11. The summed E-state index contributed by atoms with van der Waals surface area (Å²) >= 11 is 11.3. The predicted molar refractivity (Wildman–Crippen MR) is 81.6 cm³/mol. The predicted octanol–water partition coefficient (Wildman–Crippen LogP) is 2.41. The summed E-state index contributed by atoms with van der Waals surface area (Å²) in [5, 5.41) is 0.836. The van der Waals surface area contributed by atoms with Crippen molar-refractivity contribution in [2.75, 3.05) is 0 Å². The summed E-state index contributed by atoms with van der Waals surface area (Å²) in [4.78, 5) is 16.7. The van der Waals surface area contributed by atoms with Gasteiger partial charge in [0.1, 0.15) is 0 Å². The number of pyridine rings is 2. The second-order valence-corrected chi connectivity index (χ2v) is 7.59. The summed E-state index contributed by atoms with van der Waals surface area (Å²) in [6, 6.07) is 3.82. The van der Waals surface area contributed by atoms with Crippen LogP contribution < -0.4 is 0 Å². The molecule has 0 bridgehead atoms. The van der Waals surface area contributed by atoms with E-state index in [-0.39, 0.29) is 0 Å². The van der Waals surface area contributed by atoms with Gasteiger partial charge >= 0.3 is 140 Å². The minimum atomic E-state index is -0.798. The van der Waals surface area contributed by atoms with E-state index < -0.39 is 21.5 Å². The van der Waals surface area contributed by atoms with Gasteiger partial charge in [-0.1, -0.05) is 0 Å². The summed E-state index contributed by atoms with van der Waals surface area (Å²) in [7, 11) is 0. The Morgan fingerprint density at radius 3 is 1.71 bits per heavy atom. The fraction of sp³-hybridized carbons (Fsp3) is 0. The van der Waals surface area contributed by atoms with Crippen molar-refractivity contribution in [3.05, 3.63) is 47.5 Å². The molecule has 4 aromatic heterocycles. The fourth-order valence-corrected chi connectivity index (χ4v) is 4.80. The molecule has 9 heteroatoms. The quantitative estimate of drug-likeness (QED) is 0.360. The molecule has 0 saturated carbocycles. The first-order chi connectivity index (χ1) is 10.2. The Balaban J connectivity index is 1.83. The van der Waals surface area contributed by atoms with Crippen LogP contribution in [0.25, 0.3) is 22.1 Å². The van der Waals surface area contributed by atoms with Gasteiger partial charge in [-0.15, -0.1) is 0 Å². The topological polar surface area (TPSA) is 61.4 Å². The first kappa shape index (κ1) is 13.3. The zero-order valence-electron chi connectivity index (χ0n) is 10.3. The van der Waals surface area contributed by atoms with Crippen molar-refractivity contribution in [1.29, 1.82) is 0 Å². The number of rotatable bonds is 2. The van der Waals surface area contributed by atoms with Gasteiger partial charge in [0.05, 0.1) is 0 Å². The molecule has 0 aromatic carbocycles. The molecule has 0 aliphatic rings. The number of aromatic nitrogens is 6. The molecular formula is C12H6Cl2N6Te. The minimum absolute atomic E-state index is 0.418. The number of hydrogen-bond acceptors (Lipinski definition) is 4. The number of imidazole rings is 2. The van der Waals surface area contributed by atoms with E-state index in [1.54, 1.807) is 25.0 Å². The number of hydrogen-bond donors (Lipinski definition) is 0. The van der Waals surface area contributed by atoms with Crippen LogP contribution in [0.2, 0.25) is 10.3 Å². The monoisotopic (exact) mass is 434 g/mol. The Morgan fingerprint density at radius 2 is 1.24 bits per heavy atom. The van der Waals surface area contributed by atoms with Gasteiger partial charge in [-0.2, -0.15) is 0 Å². The molecule has 0 amide bonds. The van der Waals surface area contributed by atoms with E-state index in [2.05, 4.69) is 25.6 Å². The molecule has 0 radical (unpaired) electrons. The van der Waals surface area contributed by atoms with Crippen LogP contribution in [-0.2, 0) is 0 Å². The van der Waals surface area contributed by atoms with E-state index in [4.69, 9.17) is 23.2 Å². The molecule has 0 aliphatic heterocycles. The van der Waals surface area contributed by atoms with Crippen LogP contribution in [0.4, 0.5) is 0 Å². The normalized spacial score (nSPS) is 11.5. The summed E-state index contributed by atoms with van der Waals surface area (Å²) in [5.41, 5.74) is 3.38. The van der Waals surface area contributed by atoms with Crippen LogP contribution in [0.15, 0.2) is 37.2 Å². The first-order valence-electron chi connectivity index (χ1n) is 5.88. The van der Waals surface area contributed by atoms with Crippen molar-refractivity contribution < 1.29 is 0 Å². The van der Waals surface area contributed by atoms with Gasteiger partial charge in [0.2, 0.25) is 0 Å². The Bertz CT molecular complexity index is 885. The molecule has 0 aliphatic carbocycles. The van der Waals surface area contributed by atoms with Crippen LogP contribution in [0, 0.1) is 0 Å². The summed E-state index contributed by atoms with van der Waals surface area (Å²) in [5.74, 6) is 0. The van der Waals surface area contributed by atoms with Crippen molar-refractivity contribution in [2.24, 2.45) is 0 Å². The Kier molecular flexibility index (Phi) is 3.23. The van der Waals surface area contributed by atoms with Gasteiger partial charge in [-0.25, -0.2) is 0 Å². The Morgan fingerprint density at radius 1 is 0.762 bits per heavy atom. The van der Waals surface area contributed by atoms with Crippen LogP contribution in [-0.4, -0.2) is 47.0 Å². The van der Waals surface area contributed by atoms with E-state index >= 15 is 0 Å². The van der Waals surface area contributed by atoms with Crippen LogP contribution in [0.1, 0.15) is 0 Å². The molecule has 0 N–H and O–H groups in total. The Hall–Kier alpha value is -1.39. The van der Waals surface area contributed by atoms with Crippen LogP contribution in [0.3, 0.4) is 0 Å². The first-order valence-corrected chi connectivity index (χ1v) is 8.72. The zero-order valence-corrected chi connectivity index (χ0v) is 14.2. The fourth-order valence-electron chi connectivity index (χ4n) is 2.00. The molecule has 4 rings (SSSR count). The average molecular weight is 433 g/mol. The molecule has 0 spiro atoms. The van der Waals surface area contributed by atoms with E-state index in [0.717, 1.165) is 11.0 Å².